The molecule has 0 spiro atoms. The fraction of sp³-hybridized carbons (Fsp3) is 0.895. The predicted molar refractivity (Wildman–Crippen MR) is 386 cm³/mol. The van der Waals surface area contributed by atoms with Gasteiger partial charge in [-0.25, -0.2) is 9.13 Å². The molecule has 0 fully saturated rings. The van der Waals surface area contributed by atoms with Gasteiger partial charge in [-0.05, 0) is 69.1 Å². The minimum absolute atomic E-state index is 0.0840. The highest BCUT2D eigenvalue weighted by molar-refractivity contribution is 7.47. The summed E-state index contributed by atoms with van der Waals surface area (Å²) in [5.74, 6) is 0.108. The third-order valence-corrected chi connectivity index (χ3v) is 18.9. The summed E-state index contributed by atoms with van der Waals surface area (Å²) in [5.41, 5.74) is 0. The van der Waals surface area contributed by atoms with Crippen LogP contribution in [0.3, 0.4) is 0 Å². The monoisotopic (exact) mass is 1390 g/mol. The first-order valence-corrected chi connectivity index (χ1v) is 41.7. The number of ether oxygens (including phenoxy) is 4. The number of allylic oxidation sites excluding steroid dienone is 4. The molecule has 95 heavy (non-hydrogen) atoms. The number of unbranched alkanes of at least 4 members (excludes halogenated alkanes) is 37. The molecule has 0 aliphatic rings. The van der Waals surface area contributed by atoms with Crippen LogP contribution in [0.5, 0.6) is 0 Å². The van der Waals surface area contributed by atoms with Crippen molar-refractivity contribution in [3.63, 3.8) is 0 Å². The summed E-state index contributed by atoms with van der Waals surface area (Å²) in [4.78, 5) is 72.8. The highest BCUT2D eigenvalue weighted by Gasteiger charge is 2.30. The van der Waals surface area contributed by atoms with Crippen LogP contribution in [0.4, 0.5) is 0 Å². The Balaban J connectivity index is 5.29. The second kappa shape index (κ2) is 66.1. The maximum atomic E-state index is 13.1. The highest BCUT2D eigenvalue weighted by atomic mass is 31.2. The van der Waals surface area contributed by atoms with Gasteiger partial charge in [-0.2, -0.15) is 0 Å². The molecule has 0 aromatic rings. The number of carbonyl (C=O) groups excluding carboxylic acids is 4. The molecule has 0 rings (SSSR count). The number of phosphoric ester groups is 2. The molecule has 5 atom stereocenters. The van der Waals surface area contributed by atoms with Crippen LogP contribution in [0, 0.1) is 17.8 Å². The van der Waals surface area contributed by atoms with Crippen molar-refractivity contribution in [1.82, 2.24) is 0 Å². The summed E-state index contributed by atoms with van der Waals surface area (Å²) in [7, 11) is -9.93. The molecule has 0 bridgehead atoms. The highest BCUT2D eigenvalue weighted by Crippen LogP contribution is 2.45. The summed E-state index contributed by atoms with van der Waals surface area (Å²) >= 11 is 0. The van der Waals surface area contributed by atoms with Crippen molar-refractivity contribution in [1.29, 1.82) is 0 Å². The lowest BCUT2D eigenvalue weighted by atomic mass is 10.0. The molecular weight excluding hydrogens is 1250 g/mol. The van der Waals surface area contributed by atoms with E-state index in [1.54, 1.807) is 0 Å². The van der Waals surface area contributed by atoms with E-state index >= 15 is 0 Å². The van der Waals surface area contributed by atoms with Crippen LogP contribution < -0.4 is 0 Å². The molecule has 0 radical (unpaired) electrons. The molecule has 3 N–H and O–H groups in total. The fourth-order valence-corrected chi connectivity index (χ4v) is 12.6. The van der Waals surface area contributed by atoms with E-state index in [9.17, 15) is 43.2 Å². The first-order chi connectivity index (χ1) is 45.7. The molecule has 3 unspecified atom stereocenters. The maximum Gasteiger partial charge on any atom is 0.472 e. The summed E-state index contributed by atoms with van der Waals surface area (Å²) in [6.07, 6.45) is 54.9. The Bertz CT molecular complexity index is 1950. The molecule has 0 heterocycles. The third kappa shape index (κ3) is 69.8. The summed E-state index contributed by atoms with van der Waals surface area (Å²) in [6, 6.07) is 0. The summed E-state index contributed by atoms with van der Waals surface area (Å²) < 4.78 is 68.5. The van der Waals surface area contributed by atoms with Crippen molar-refractivity contribution in [2.24, 2.45) is 17.8 Å². The van der Waals surface area contributed by atoms with E-state index in [1.165, 1.54) is 154 Å². The average molecular weight is 1390 g/mol. The zero-order valence-electron chi connectivity index (χ0n) is 61.6. The molecule has 0 saturated carbocycles. The second-order valence-corrected chi connectivity index (χ2v) is 31.0. The SMILES string of the molecule is CCCCCC/C=C\C=C/CCCCCCCC(=O)O[C@H](COC(=O)CCCCCCCCCC(C)C)COP(=O)(O)OCC(O)COP(=O)(O)OC[C@@H](COC(=O)CCCCCCCCCCCCCCC(C)C)OC(=O)CCCCCCCCCCCCCCC(C)C. The normalized spacial score (nSPS) is 14.2. The number of aliphatic hydroxyl groups is 1. The molecule has 0 aliphatic carbocycles. The lowest BCUT2D eigenvalue weighted by molar-refractivity contribution is -0.161. The third-order valence-electron chi connectivity index (χ3n) is 17.0. The van der Waals surface area contributed by atoms with Gasteiger partial charge in [0.05, 0.1) is 26.4 Å². The van der Waals surface area contributed by atoms with Gasteiger partial charge in [-0.3, -0.25) is 37.3 Å². The molecule has 17 nitrogen and oxygen atoms in total. The lowest BCUT2D eigenvalue weighted by Gasteiger charge is -2.21. The van der Waals surface area contributed by atoms with Gasteiger partial charge in [0.2, 0.25) is 0 Å². The Morgan fingerprint density at radius 1 is 0.326 bits per heavy atom. The van der Waals surface area contributed by atoms with Gasteiger partial charge in [0.1, 0.15) is 19.3 Å². The number of hydrogen-bond donors (Lipinski definition) is 3. The lowest BCUT2D eigenvalue weighted by Crippen LogP contribution is -2.30. The zero-order valence-corrected chi connectivity index (χ0v) is 63.4. The van der Waals surface area contributed by atoms with E-state index in [0.29, 0.717) is 31.6 Å². The summed E-state index contributed by atoms with van der Waals surface area (Å²) in [5, 5.41) is 10.6. The van der Waals surface area contributed by atoms with Crippen LogP contribution in [0.1, 0.15) is 363 Å². The molecule has 560 valence electrons. The van der Waals surface area contributed by atoms with Crippen LogP contribution in [-0.4, -0.2) is 96.7 Å². The number of rotatable bonds is 72. The quantitative estimate of drug-likeness (QED) is 0.0169. The van der Waals surface area contributed by atoms with Crippen molar-refractivity contribution >= 4 is 39.5 Å². The van der Waals surface area contributed by atoms with Crippen LogP contribution in [0.25, 0.3) is 0 Å². The smallest absolute Gasteiger partial charge is 0.462 e. The van der Waals surface area contributed by atoms with Gasteiger partial charge in [-0.1, -0.05) is 310 Å². The molecule has 0 amide bonds. The standard InChI is InChI=1S/C76H144O17P2/c1-8-9-10-11-12-13-14-15-16-17-25-30-37-45-52-59-75(80)93-72(64-87-74(79)58-51-44-39-32-35-42-49-56-69(6)7)66-91-95(84,85)89-62-70(77)61-88-94(82,83)90-65-71(92-76(81)60-53-46-38-31-26-21-19-23-28-34-41-48-55-68(4)5)63-86-73(78)57-50-43-36-29-24-20-18-22-27-33-40-47-54-67(2)3/h13-16,67-72,77H,8-12,17-66H2,1-7H3,(H,82,83)(H,84,85)/b14-13-,16-15-/t70?,71-,72-/m1/s1. The first-order valence-electron chi connectivity index (χ1n) is 38.7. The number of hydrogen-bond acceptors (Lipinski definition) is 15. The van der Waals surface area contributed by atoms with Crippen LogP contribution in [-0.2, 0) is 65.4 Å². The van der Waals surface area contributed by atoms with E-state index in [4.69, 9.17) is 37.0 Å². The Morgan fingerprint density at radius 2 is 0.568 bits per heavy atom. The Hall–Kier alpha value is -2.46. The molecule has 0 aromatic heterocycles. The van der Waals surface area contributed by atoms with Gasteiger partial charge in [-0.15, -0.1) is 0 Å². The van der Waals surface area contributed by atoms with Crippen molar-refractivity contribution < 1.29 is 80.2 Å². The van der Waals surface area contributed by atoms with Crippen molar-refractivity contribution in [2.45, 2.75) is 381 Å². The zero-order chi connectivity index (χ0) is 70.1. The van der Waals surface area contributed by atoms with Crippen molar-refractivity contribution in [3.05, 3.63) is 24.3 Å². The largest absolute Gasteiger partial charge is 0.472 e. The Labute approximate surface area is 580 Å². The Kier molecular flexibility index (Phi) is 64.4. The number of aliphatic hydroxyl groups excluding tert-OH is 1. The molecule has 0 aliphatic heterocycles. The number of phosphoric acid groups is 2. The van der Waals surface area contributed by atoms with Crippen molar-refractivity contribution in [2.75, 3.05) is 39.6 Å². The minimum Gasteiger partial charge on any atom is -0.462 e. The number of carbonyl (C=O) groups is 4. The van der Waals surface area contributed by atoms with E-state index in [-0.39, 0.29) is 25.7 Å². The van der Waals surface area contributed by atoms with Crippen LogP contribution in [0.15, 0.2) is 24.3 Å². The number of esters is 4. The molecular formula is C76H144O17P2. The van der Waals surface area contributed by atoms with Gasteiger partial charge in [0.15, 0.2) is 12.2 Å². The van der Waals surface area contributed by atoms with E-state index in [1.807, 2.05) is 0 Å². The van der Waals surface area contributed by atoms with Crippen LogP contribution >= 0.6 is 15.6 Å². The van der Waals surface area contributed by atoms with E-state index < -0.39 is 97.5 Å². The van der Waals surface area contributed by atoms with Gasteiger partial charge < -0.3 is 33.8 Å². The second-order valence-electron chi connectivity index (χ2n) is 28.1. The minimum atomic E-state index is -4.96. The summed E-state index contributed by atoms with van der Waals surface area (Å²) in [6.45, 7) is 11.8. The average Bonchev–Trinajstić information content (AvgIpc) is 1.34. The topological polar surface area (TPSA) is 237 Å². The fourth-order valence-electron chi connectivity index (χ4n) is 11.1. The van der Waals surface area contributed by atoms with Gasteiger partial charge >= 0.3 is 39.5 Å². The van der Waals surface area contributed by atoms with Gasteiger partial charge in [0.25, 0.3) is 0 Å². The van der Waals surface area contributed by atoms with Crippen molar-refractivity contribution in [3.8, 4) is 0 Å². The molecule has 0 saturated heterocycles. The first kappa shape index (κ1) is 92.5. The molecule has 0 aromatic carbocycles. The van der Waals surface area contributed by atoms with Gasteiger partial charge in [0, 0.05) is 25.7 Å². The van der Waals surface area contributed by atoms with E-state index in [0.717, 1.165) is 121 Å². The van der Waals surface area contributed by atoms with Crippen LogP contribution in [0.2, 0.25) is 0 Å². The maximum absolute atomic E-state index is 13.1. The Morgan fingerprint density at radius 3 is 0.853 bits per heavy atom. The van der Waals surface area contributed by atoms with E-state index in [2.05, 4.69) is 72.8 Å². The molecule has 19 heteroatoms. The predicted octanol–water partition coefficient (Wildman–Crippen LogP) is 21.7.